The average molecular weight is 178 g/mol. The van der Waals surface area contributed by atoms with Gasteiger partial charge in [0.15, 0.2) is 0 Å². The second-order valence-electron chi connectivity index (χ2n) is 4.14. The van der Waals surface area contributed by atoms with Crippen LogP contribution in [0.3, 0.4) is 0 Å². The largest absolute Gasteiger partial charge is 0.327 e. The molecule has 0 N–H and O–H groups in total. The van der Waals surface area contributed by atoms with Gasteiger partial charge >= 0.3 is 0 Å². The summed E-state index contributed by atoms with van der Waals surface area (Å²) in [5.41, 5.74) is -0.449. The normalized spacial score (nSPS) is 38.6. The summed E-state index contributed by atoms with van der Waals surface area (Å²) in [7, 11) is 1.77. The molecule has 2 aliphatic rings. The molecule has 13 heavy (non-hydrogen) atoms. The molecular formula is C10H14N2O. The molecule has 1 saturated carbocycles. The maximum atomic E-state index is 11.5. The van der Waals surface area contributed by atoms with E-state index in [9.17, 15) is 10.1 Å². The van der Waals surface area contributed by atoms with Crippen LogP contribution in [-0.2, 0) is 4.79 Å². The lowest BCUT2D eigenvalue weighted by molar-refractivity contribution is -0.128. The van der Waals surface area contributed by atoms with E-state index in [0.29, 0.717) is 12.3 Å². The summed E-state index contributed by atoms with van der Waals surface area (Å²) in [5, 5.41) is 9.20. The van der Waals surface area contributed by atoms with Crippen molar-refractivity contribution in [2.45, 2.75) is 37.6 Å². The average Bonchev–Trinajstić information content (AvgIpc) is 2.41. The molecule has 0 radical (unpaired) electrons. The molecule has 3 heteroatoms. The van der Waals surface area contributed by atoms with E-state index in [0.717, 1.165) is 19.3 Å². The number of nitriles is 1. The maximum Gasteiger partial charge on any atom is 0.224 e. The zero-order chi connectivity index (χ0) is 9.47. The summed E-state index contributed by atoms with van der Waals surface area (Å²) in [4.78, 5) is 13.2. The lowest BCUT2D eigenvalue weighted by atomic mass is 9.74. The zero-order valence-electron chi connectivity index (χ0n) is 7.92. The fraction of sp³-hybridized carbons (Fsp3) is 0.800. The molecule has 1 aliphatic carbocycles. The van der Waals surface area contributed by atoms with E-state index in [1.165, 1.54) is 6.42 Å². The van der Waals surface area contributed by atoms with Gasteiger partial charge in [0.1, 0.15) is 5.54 Å². The summed E-state index contributed by atoms with van der Waals surface area (Å²) >= 11 is 0. The molecule has 1 amide bonds. The minimum Gasteiger partial charge on any atom is -0.327 e. The van der Waals surface area contributed by atoms with Gasteiger partial charge in [0, 0.05) is 19.4 Å². The molecule has 3 nitrogen and oxygen atoms in total. The van der Waals surface area contributed by atoms with Crippen LogP contribution in [0.2, 0.25) is 0 Å². The molecular weight excluding hydrogens is 164 g/mol. The van der Waals surface area contributed by atoms with Crippen molar-refractivity contribution in [3.8, 4) is 6.07 Å². The summed E-state index contributed by atoms with van der Waals surface area (Å²) in [6.07, 6.45) is 4.76. The lowest BCUT2D eigenvalue weighted by Crippen LogP contribution is -2.47. The van der Waals surface area contributed by atoms with Crippen LogP contribution in [0.4, 0.5) is 0 Å². The number of carbonyl (C=O) groups excluding carboxylic acids is 1. The van der Waals surface area contributed by atoms with Crippen molar-refractivity contribution in [3.05, 3.63) is 0 Å². The maximum absolute atomic E-state index is 11.5. The molecule has 2 rings (SSSR count). The van der Waals surface area contributed by atoms with Gasteiger partial charge in [0.25, 0.3) is 0 Å². The van der Waals surface area contributed by atoms with Crippen LogP contribution in [0, 0.1) is 17.2 Å². The number of fused-ring (bicyclic) bond motifs is 1. The van der Waals surface area contributed by atoms with Crippen molar-refractivity contribution in [2.75, 3.05) is 7.05 Å². The summed E-state index contributed by atoms with van der Waals surface area (Å²) < 4.78 is 0. The molecule has 2 fully saturated rings. The summed E-state index contributed by atoms with van der Waals surface area (Å²) in [5.74, 6) is 0.442. The quantitative estimate of drug-likeness (QED) is 0.561. The van der Waals surface area contributed by atoms with Gasteiger partial charge in [-0.1, -0.05) is 12.8 Å². The summed E-state index contributed by atoms with van der Waals surface area (Å²) in [6, 6.07) is 2.36. The van der Waals surface area contributed by atoms with Gasteiger partial charge in [-0.3, -0.25) is 4.79 Å². The zero-order valence-corrected chi connectivity index (χ0v) is 7.92. The van der Waals surface area contributed by atoms with Crippen LogP contribution in [0.1, 0.15) is 32.1 Å². The number of hydrogen-bond acceptors (Lipinski definition) is 2. The smallest absolute Gasteiger partial charge is 0.224 e. The highest BCUT2D eigenvalue weighted by atomic mass is 16.2. The van der Waals surface area contributed by atoms with Gasteiger partial charge in [-0.15, -0.1) is 0 Å². The molecule has 2 atom stereocenters. The number of amides is 1. The Morgan fingerprint density at radius 1 is 1.62 bits per heavy atom. The van der Waals surface area contributed by atoms with Crippen molar-refractivity contribution in [1.82, 2.24) is 4.90 Å². The predicted octanol–water partition coefficient (Wildman–Crippen LogP) is 1.30. The van der Waals surface area contributed by atoms with Crippen LogP contribution in [-0.4, -0.2) is 23.4 Å². The Morgan fingerprint density at radius 3 is 3.00 bits per heavy atom. The number of carbonyl (C=O) groups is 1. The van der Waals surface area contributed by atoms with E-state index in [4.69, 9.17) is 0 Å². The fourth-order valence-electron chi connectivity index (χ4n) is 2.73. The van der Waals surface area contributed by atoms with Gasteiger partial charge in [-0.2, -0.15) is 5.26 Å². The number of nitrogens with zero attached hydrogens (tertiary/aromatic N) is 2. The Kier molecular flexibility index (Phi) is 1.80. The van der Waals surface area contributed by atoms with Crippen molar-refractivity contribution < 1.29 is 4.79 Å². The van der Waals surface area contributed by atoms with Crippen molar-refractivity contribution in [2.24, 2.45) is 5.92 Å². The highest BCUT2D eigenvalue weighted by molar-refractivity contribution is 5.81. The second kappa shape index (κ2) is 2.73. The number of rotatable bonds is 0. The van der Waals surface area contributed by atoms with Crippen molar-refractivity contribution >= 4 is 5.91 Å². The summed E-state index contributed by atoms with van der Waals surface area (Å²) in [6.45, 7) is 0. The molecule has 1 aliphatic heterocycles. The van der Waals surface area contributed by atoms with E-state index >= 15 is 0 Å². The second-order valence-corrected chi connectivity index (χ2v) is 4.14. The van der Waals surface area contributed by atoms with Gasteiger partial charge in [-0.05, 0) is 12.8 Å². The Bertz CT molecular complexity index is 281. The monoisotopic (exact) mass is 178 g/mol. The first-order valence-corrected chi connectivity index (χ1v) is 4.88. The Hall–Kier alpha value is -1.04. The van der Waals surface area contributed by atoms with Gasteiger partial charge in [-0.25, -0.2) is 0 Å². The third-order valence-electron chi connectivity index (χ3n) is 3.62. The molecule has 0 aromatic rings. The first-order valence-electron chi connectivity index (χ1n) is 4.88. The van der Waals surface area contributed by atoms with Crippen LogP contribution in [0.15, 0.2) is 0 Å². The van der Waals surface area contributed by atoms with Crippen LogP contribution in [0.5, 0.6) is 0 Å². The topological polar surface area (TPSA) is 44.1 Å². The lowest BCUT2D eigenvalue weighted by Gasteiger charge is -2.37. The predicted molar refractivity (Wildman–Crippen MR) is 47.7 cm³/mol. The molecule has 70 valence electrons. The molecule has 0 aromatic heterocycles. The minimum absolute atomic E-state index is 0.147. The fourth-order valence-corrected chi connectivity index (χ4v) is 2.73. The van der Waals surface area contributed by atoms with Gasteiger partial charge < -0.3 is 4.90 Å². The molecule has 1 heterocycles. The van der Waals surface area contributed by atoms with Gasteiger partial charge in [0.2, 0.25) is 5.91 Å². The van der Waals surface area contributed by atoms with E-state index in [2.05, 4.69) is 6.07 Å². The number of hydrogen-bond donors (Lipinski definition) is 0. The number of likely N-dealkylation sites (tertiary alicyclic amines) is 1. The van der Waals surface area contributed by atoms with Crippen molar-refractivity contribution in [3.63, 3.8) is 0 Å². The van der Waals surface area contributed by atoms with Gasteiger partial charge in [0.05, 0.1) is 6.07 Å². The van der Waals surface area contributed by atoms with Crippen LogP contribution < -0.4 is 0 Å². The van der Waals surface area contributed by atoms with E-state index in [1.807, 2.05) is 0 Å². The van der Waals surface area contributed by atoms with E-state index in [-0.39, 0.29) is 5.91 Å². The Morgan fingerprint density at radius 2 is 2.38 bits per heavy atom. The third-order valence-corrected chi connectivity index (χ3v) is 3.62. The van der Waals surface area contributed by atoms with Crippen LogP contribution >= 0.6 is 0 Å². The van der Waals surface area contributed by atoms with E-state index < -0.39 is 5.54 Å². The SMILES string of the molecule is CN1C(=O)C[C@@H]2CCCC[C@@]21C#N. The molecule has 1 saturated heterocycles. The Balaban J connectivity index is 2.35. The highest BCUT2D eigenvalue weighted by Crippen LogP contribution is 2.44. The molecule has 0 bridgehead atoms. The third kappa shape index (κ3) is 0.980. The highest BCUT2D eigenvalue weighted by Gasteiger charge is 2.52. The standard InChI is InChI=1S/C10H14N2O/c1-12-9(13)6-8-4-2-3-5-10(8,12)7-11/h8H,2-6H2,1H3/t8-,10+/m0/s1. The first kappa shape index (κ1) is 8.55. The minimum atomic E-state index is -0.449. The molecule has 0 spiro atoms. The molecule has 0 aromatic carbocycles. The first-order chi connectivity index (χ1) is 6.20. The van der Waals surface area contributed by atoms with Crippen LogP contribution in [0.25, 0.3) is 0 Å². The molecule has 0 unspecified atom stereocenters. The van der Waals surface area contributed by atoms with Crippen molar-refractivity contribution in [1.29, 1.82) is 5.26 Å². The Labute approximate surface area is 78.3 Å². The van der Waals surface area contributed by atoms with E-state index in [1.54, 1.807) is 11.9 Å².